The summed E-state index contributed by atoms with van der Waals surface area (Å²) < 4.78 is 20.1. The van der Waals surface area contributed by atoms with Crippen molar-refractivity contribution in [2.75, 3.05) is 44.9 Å². The molecule has 0 aliphatic carbocycles. The van der Waals surface area contributed by atoms with Crippen LogP contribution in [-0.4, -0.2) is 67.4 Å². The van der Waals surface area contributed by atoms with Crippen molar-refractivity contribution in [3.05, 3.63) is 42.5 Å². The van der Waals surface area contributed by atoms with Crippen molar-refractivity contribution < 1.29 is 23.8 Å². The first kappa shape index (κ1) is 17.6. The molecule has 7 heteroatoms. The number of carbonyl (C=O) groups is 2. The molecular formula is C18H21FN2O4. The van der Waals surface area contributed by atoms with Crippen LogP contribution in [0.25, 0.3) is 0 Å². The van der Waals surface area contributed by atoms with Crippen molar-refractivity contribution in [2.24, 2.45) is 5.41 Å². The van der Waals surface area contributed by atoms with Crippen LogP contribution in [0.2, 0.25) is 0 Å². The van der Waals surface area contributed by atoms with Crippen LogP contribution < -0.4 is 4.90 Å². The average Bonchev–Trinajstić information content (AvgIpc) is 2.94. The standard InChI is InChI=1S/C18H21FN2O4/c1-3-15(23)20(2)14-6-4-13(5-7-14)16(24)21-8-17(11-25-12-17)18(19,9-21)10-22/h3-7,22H,1,8-12H2,2H3. The summed E-state index contributed by atoms with van der Waals surface area (Å²) in [7, 11) is 1.61. The first-order valence-electron chi connectivity index (χ1n) is 8.03. The van der Waals surface area contributed by atoms with Crippen LogP contribution in [0.4, 0.5) is 10.1 Å². The third-order valence-corrected chi connectivity index (χ3v) is 5.19. The maximum Gasteiger partial charge on any atom is 0.253 e. The molecule has 2 amide bonds. The van der Waals surface area contributed by atoms with Gasteiger partial charge < -0.3 is 19.6 Å². The maximum absolute atomic E-state index is 15.0. The highest BCUT2D eigenvalue weighted by Gasteiger charge is 2.63. The maximum atomic E-state index is 15.0. The van der Waals surface area contributed by atoms with E-state index < -0.39 is 17.7 Å². The van der Waals surface area contributed by atoms with Gasteiger partial charge in [0.25, 0.3) is 5.91 Å². The van der Waals surface area contributed by atoms with Gasteiger partial charge in [-0.1, -0.05) is 6.58 Å². The van der Waals surface area contributed by atoms with E-state index in [1.807, 2.05) is 0 Å². The van der Waals surface area contributed by atoms with Gasteiger partial charge in [-0.2, -0.15) is 0 Å². The number of benzene rings is 1. The number of rotatable bonds is 4. The van der Waals surface area contributed by atoms with E-state index in [1.165, 1.54) is 15.9 Å². The van der Waals surface area contributed by atoms with Gasteiger partial charge in [0.1, 0.15) is 0 Å². The Hall–Kier alpha value is -2.25. The van der Waals surface area contributed by atoms with Crippen molar-refractivity contribution >= 4 is 17.5 Å². The lowest BCUT2D eigenvalue weighted by Crippen LogP contribution is -2.58. The zero-order valence-electron chi connectivity index (χ0n) is 14.1. The molecule has 1 aromatic carbocycles. The number of aliphatic hydroxyl groups is 1. The van der Waals surface area contributed by atoms with Crippen molar-refractivity contribution in [1.82, 2.24) is 4.90 Å². The van der Waals surface area contributed by atoms with Gasteiger partial charge in [0.05, 0.1) is 31.8 Å². The molecule has 0 bridgehead atoms. The van der Waals surface area contributed by atoms with Crippen LogP contribution in [0.15, 0.2) is 36.9 Å². The molecule has 0 radical (unpaired) electrons. The summed E-state index contributed by atoms with van der Waals surface area (Å²) in [6, 6.07) is 6.51. The van der Waals surface area contributed by atoms with E-state index in [9.17, 15) is 19.1 Å². The van der Waals surface area contributed by atoms with Crippen molar-refractivity contribution in [1.29, 1.82) is 0 Å². The van der Waals surface area contributed by atoms with E-state index in [-0.39, 0.29) is 38.1 Å². The number of likely N-dealkylation sites (tertiary alicyclic amines) is 1. The van der Waals surface area contributed by atoms with Gasteiger partial charge in [-0.15, -0.1) is 0 Å². The number of likely N-dealkylation sites (N-methyl/N-ethyl adjacent to an activating group) is 1. The fourth-order valence-corrected chi connectivity index (χ4v) is 3.37. The predicted octanol–water partition coefficient (Wildman–Crippen LogP) is 1.01. The number of halogens is 1. The summed E-state index contributed by atoms with van der Waals surface area (Å²) in [4.78, 5) is 27.1. The molecule has 2 saturated heterocycles. The summed E-state index contributed by atoms with van der Waals surface area (Å²) in [6.07, 6.45) is 1.21. The summed E-state index contributed by atoms with van der Waals surface area (Å²) in [5.74, 6) is -0.556. The second-order valence-corrected chi connectivity index (χ2v) is 6.71. The van der Waals surface area contributed by atoms with Crippen LogP contribution in [0.1, 0.15) is 10.4 Å². The van der Waals surface area contributed by atoms with Crippen molar-refractivity contribution in [2.45, 2.75) is 5.67 Å². The zero-order valence-corrected chi connectivity index (χ0v) is 14.1. The number of nitrogens with zero attached hydrogens (tertiary/aromatic N) is 2. The Morgan fingerprint density at radius 3 is 2.44 bits per heavy atom. The fourth-order valence-electron chi connectivity index (χ4n) is 3.37. The predicted molar refractivity (Wildman–Crippen MR) is 90.1 cm³/mol. The minimum Gasteiger partial charge on any atom is -0.393 e. The highest BCUT2D eigenvalue weighted by molar-refractivity contribution is 6.01. The minimum atomic E-state index is -1.84. The third kappa shape index (κ3) is 2.73. The SMILES string of the molecule is C=CC(=O)N(C)c1ccc(C(=O)N2CC(F)(CO)C3(COC3)C2)cc1. The smallest absolute Gasteiger partial charge is 0.253 e. The molecule has 2 aliphatic rings. The van der Waals surface area contributed by atoms with E-state index in [0.29, 0.717) is 11.3 Å². The Kier molecular flexibility index (Phi) is 4.38. The van der Waals surface area contributed by atoms with Gasteiger partial charge in [-0.3, -0.25) is 9.59 Å². The van der Waals surface area contributed by atoms with Gasteiger partial charge in [-0.05, 0) is 30.3 Å². The number of amides is 2. The van der Waals surface area contributed by atoms with Crippen LogP contribution in [0.3, 0.4) is 0 Å². The normalized spacial score (nSPS) is 24.0. The van der Waals surface area contributed by atoms with E-state index >= 15 is 0 Å². The lowest BCUT2D eigenvalue weighted by molar-refractivity contribution is -0.178. The summed E-state index contributed by atoms with van der Waals surface area (Å²) in [6.45, 7) is 3.29. The van der Waals surface area contributed by atoms with Gasteiger partial charge in [0, 0.05) is 24.8 Å². The minimum absolute atomic E-state index is 0.150. The fraction of sp³-hybridized carbons (Fsp3) is 0.444. The molecule has 1 unspecified atom stereocenters. The molecule has 2 aliphatic heterocycles. The molecule has 0 aromatic heterocycles. The van der Waals surface area contributed by atoms with Gasteiger partial charge in [0.15, 0.2) is 5.67 Å². The van der Waals surface area contributed by atoms with E-state index in [1.54, 1.807) is 31.3 Å². The van der Waals surface area contributed by atoms with E-state index in [2.05, 4.69) is 6.58 Å². The van der Waals surface area contributed by atoms with Crippen molar-refractivity contribution in [3.8, 4) is 0 Å². The summed E-state index contributed by atoms with van der Waals surface area (Å²) in [5, 5.41) is 9.45. The molecule has 1 atom stereocenters. The lowest BCUT2D eigenvalue weighted by Gasteiger charge is -2.44. The number of alkyl halides is 1. The quantitative estimate of drug-likeness (QED) is 0.825. The highest BCUT2D eigenvalue weighted by Crippen LogP contribution is 2.47. The largest absolute Gasteiger partial charge is 0.393 e. The Bertz CT molecular complexity index is 690. The first-order chi connectivity index (χ1) is 11.9. The summed E-state index contributed by atoms with van der Waals surface area (Å²) >= 11 is 0. The molecule has 0 saturated carbocycles. The van der Waals surface area contributed by atoms with Gasteiger partial charge in [0.2, 0.25) is 5.91 Å². The van der Waals surface area contributed by atoms with Gasteiger partial charge in [-0.25, -0.2) is 4.39 Å². The molecular weight excluding hydrogens is 327 g/mol. The topological polar surface area (TPSA) is 70.1 Å². The second-order valence-electron chi connectivity index (χ2n) is 6.71. The number of anilines is 1. The number of carbonyl (C=O) groups excluding carboxylic acids is 2. The molecule has 134 valence electrons. The monoisotopic (exact) mass is 348 g/mol. The molecule has 6 nitrogen and oxygen atoms in total. The zero-order chi connectivity index (χ0) is 18.2. The second kappa shape index (κ2) is 6.24. The molecule has 1 N–H and O–H groups in total. The van der Waals surface area contributed by atoms with E-state index in [0.717, 1.165) is 0 Å². The van der Waals surface area contributed by atoms with E-state index in [4.69, 9.17) is 4.74 Å². The Morgan fingerprint density at radius 2 is 2.00 bits per heavy atom. The van der Waals surface area contributed by atoms with Crippen LogP contribution in [0.5, 0.6) is 0 Å². The lowest BCUT2D eigenvalue weighted by atomic mass is 9.74. The molecule has 25 heavy (non-hydrogen) atoms. The number of ether oxygens (including phenoxy) is 1. The Morgan fingerprint density at radius 1 is 1.36 bits per heavy atom. The third-order valence-electron chi connectivity index (χ3n) is 5.19. The van der Waals surface area contributed by atoms with Crippen molar-refractivity contribution in [3.63, 3.8) is 0 Å². The number of aliphatic hydroxyl groups excluding tert-OH is 1. The highest BCUT2D eigenvalue weighted by atomic mass is 19.1. The Balaban J connectivity index is 1.76. The molecule has 2 heterocycles. The average molecular weight is 348 g/mol. The number of hydrogen-bond donors (Lipinski definition) is 1. The molecule has 1 aromatic rings. The summed E-state index contributed by atoms with van der Waals surface area (Å²) in [5.41, 5.74) is -1.62. The van der Waals surface area contributed by atoms with Crippen LogP contribution >= 0.6 is 0 Å². The van der Waals surface area contributed by atoms with Gasteiger partial charge >= 0.3 is 0 Å². The molecule has 1 spiro atoms. The van der Waals surface area contributed by atoms with Crippen LogP contribution in [0, 0.1) is 5.41 Å². The number of hydrogen-bond acceptors (Lipinski definition) is 4. The molecule has 3 rings (SSSR count). The van der Waals surface area contributed by atoms with Crippen LogP contribution in [-0.2, 0) is 9.53 Å². The first-order valence-corrected chi connectivity index (χ1v) is 8.03. The Labute approximate surface area is 145 Å². The molecule has 2 fully saturated rings.